The fourth-order valence-corrected chi connectivity index (χ4v) is 1.86. The number of carbonyl (C=O) groups is 1. The SMILES string of the molecule is Nc1cc2c(cc1NCCCOCCO)NC(=O)CO2. The largest absolute Gasteiger partial charge is 0.482 e. The van der Waals surface area contributed by atoms with Gasteiger partial charge in [0.2, 0.25) is 0 Å². The van der Waals surface area contributed by atoms with E-state index in [2.05, 4.69) is 10.6 Å². The molecule has 1 aliphatic heterocycles. The number of aliphatic hydroxyl groups excluding tert-OH is 1. The van der Waals surface area contributed by atoms with Gasteiger partial charge in [0.25, 0.3) is 5.91 Å². The molecule has 110 valence electrons. The van der Waals surface area contributed by atoms with Gasteiger partial charge in [-0.15, -0.1) is 0 Å². The van der Waals surface area contributed by atoms with Crippen LogP contribution in [0.5, 0.6) is 5.75 Å². The lowest BCUT2D eigenvalue weighted by Gasteiger charge is -2.20. The summed E-state index contributed by atoms with van der Waals surface area (Å²) in [6.07, 6.45) is 0.791. The van der Waals surface area contributed by atoms with Crippen LogP contribution in [0, 0.1) is 0 Å². The standard InChI is InChI=1S/C13H19N3O4/c14-9-6-12-11(16-13(18)8-20-12)7-10(9)15-2-1-4-19-5-3-17/h6-7,15,17H,1-5,8,14H2,(H,16,18). The fourth-order valence-electron chi connectivity index (χ4n) is 1.86. The van der Waals surface area contributed by atoms with Gasteiger partial charge in [-0.3, -0.25) is 4.79 Å². The van der Waals surface area contributed by atoms with Gasteiger partial charge in [-0.1, -0.05) is 0 Å². The lowest BCUT2D eigenvalue weighted by atomic mass is 10.2. The number of hydrogen-bond donors (Lipinski definition) is 4. The van der Waals surface area contributed by atoms with Crippen LogP contribution in [0.3, 0.4) is 0 Å². The molecule has 0 bridgehead atoms. The molecule has 0 radical (unpaired) electrons. The predicted octanol–water partition coefficient (Wildman–Crippen LogP) is 0.411. The topological polar surface area (TPSA) is 106 Å². The number of rotatable bonds is 7. The zero-order valence-corrected chi connectivity index (χ0v) is 11.1. The van der Waals surface area contributed by atoms with Crippen molar-refractivity contribution in [3.05, 3.63) is 12.1 Å². The fraction of sp³-hybridized carbons (Fsp3) is 0.462. The number of nitrogens with two attached hydrogens (primary N) is 1. The Bertz CT molecular complexity index is 479. The van der Waals surface area contributed by atoms with Crippen molar-refractivity contribution in [1.29, 1.82) is 0 Å². The summed E-state index contributed by atoms with van der Waals surface area (Å²) in [5.74, 6) is 0.407. The van der Waals surface area contributed by atoms with Gasteiger partial charge < -0.3 is 30.9 Å². The highest BCUT2D eigenvalue weighted by Crippen LogP contribution is 2.35. The predicted molar refractivity (Wildman–Crippen MR) is 76.0 cm³/mol. The summed E-state index contributed by atoms with van der Waals surface area (Å²) in [6.45, 7) is 1.65. The van der Waals surface area contributed by atoms with E-state index in [9.17, 15) is 4.79 Å². The molecule has 5 N–H and O–H groups in total. The maximum Gasteiger partial charge on any atom is 0.262 e. The third-order valence-electron chi connectivity index (χ3n) is 2.80. The highest BCUT2D eigenvalue weighted by atomic mass is 16.5. The van der Waals surface area contributed by atoms with Crippen molar-refractivity contribution in [2.45, 2.75) is 6.42 Å². The van der Waals surface area contributed by atoms with Crippen molar-refractivity contribution < 1.29 is 19.4 Å². The van der Waals surface area contributed by atoms with E-state index in [1.54, 1.807) is 12.1 Å². The van der Waals surface area contributed by atoms with Crippen LogP contribution in [0.1, 0.15) is 6.42 Å². The molecule has 0 aliphatic carbocycles. The Balaban J connectivity index is 1.88. The molecule has 0 fully saturated rings. The Labute approximate surface area is 117 Å². The summed E-state index contributed by atoms with van der Waals surface area (Å²) in [4.78, 5) is 11.3. The van der Waals surface area contributed by atoms with E-state index in [0.29, 0.717) is 36.9 Å². The maximum atomic E-state index is 11.3. The van der Waals surface area contributed by atoms with Gasteiger partial charge in [-0.2, -0.15) is 0 Å². The average molecular weight is 281 g/mol. The Morgan fingerprint density at radius 1 is 1.45 bits per heavy atom. The first-order valence-corrected chi connectivity index (χ1v) is 6.49. The van der Waals surface area contributed by atoms with Gasteiger partial charge in [0.05, 0.1) is 30.3 Å². The third-order valence-corrected chi connectivity index (χ3v) is 2.80. The zero-order chi connectivity index (χ0) is 14.4. The van der Waals surface area contributed by atoms with E-state index < -0.39 is 0 Å². The van der Waals surface area contributed by atoms with Gasteiger partial charge in [0.15, 0.2) is 6.61 Å². The first-order chi connectivity index (χ1) is 9.70. The highest BCUT2D eigenvalue weighted by molar-refractivity contribution is 5.97. The second-order valence-electron chi connectivity index (χ2n) is 4.39. The molecule has 0 unspecified atom stereocenters. The lowest BCUT2D eigenvalue weighted by molar-refractivity contribution is -0.118. The van der Waals surface area contributed by atoms with Crippen molar-refractivity contribution in [3.63, 3.8) is 0 Å². The number of fused-ring (bicyclic) bond motifs is 1. The number of anilines is 3. The van der Waals surface area contributed by atoms with Crippen molar-refractivity contribution in [3.8, 4) is 5.75 Å². The quantitative estimate of drug-likeness (QED) is 0.426. The summed E-state index contributed by atoms with van der Waals surface area (Å²) in [5, 5.41) is 14.5. The number of nitrogen functional groups attached to an aromatic ring is 1. The van der Waals surface area contributed by atoms with Gasteiger partial charge >= 0.3 is 0 Å². The molecule has 2 rings (SSSR count). The summed E-state index contributed by atoms with van der Waals surface area (Å²) >= 11 is 0. The van der Waals surface area contributed by atoms with Gasteiger partial charge in [-0.25, -0.2) is 0 Å². The van der Waals surface area contributed by atoms with Crippen LogP contribution in [-0.4, -0.2) is 44.0 Å². The molecule has 0 spiro atoms. The van der Waals surface area contributed by atoms with E-state index in [1.807, 2.05) is 0 Å². The van der Waals surface area contributed by atoms with Gasteiger partial charge in [0, 0.05) is 19.2 Å². The minimum Gasteiger partial charge on any atom is -0.482 e. The molecule has 7 nitrogen and oxygen atoms in total. The Kier molecular flexibility index (Phi) is 5.03. The summed E-state index contributed by atoms with van der Waals surface area (Å²) in [7, 11) is 0. The Morgan fingerprint density at radius 3 is 3.10 bits per heavy atom. The molecule has 1 aliphatic rings. The summed E-state index contributed by atoms with van der Waals surface area (Å²) in [6, 6.07) is 3.45. The van der Waals surface area contributed by atoms with Crippen molar-refractivity contribution >= 4 is 23.0 Å². The van der Waals surface area contributed by atoms with Crippen molar-refractivity contribution in [2.75, 3.05) is 49.3 Å². The molecule has 1 aromatic rings. The zero-order valence-electron chi connectivity index (χ0n) is 11.1. The molecule has 7 heteroatoms. The summed E-state index contributed by atoms with van der Waals surface area (Å²) < 4.78 is 10.4. The minimum atomic E-state index is -0.175. The van der Waals surface area contributed by atoms with Gasteiger partial charge in [0.1, 0.15) is 5.75 Å². The van der Waals surface area contributed by atoms with Crippen LogP contribution < -0.4 is 21.1 Å². The average Bonchev–Trinajstić information content (AvgIpc) is 2.43. The molecule has 20 heavy (non-hydrogen) atoms. The van der Waals surface area contributed by atoms with E-state index in [4.69, 9.17) is 20.3 Å². The lowest BCUT2D eigenvalue weighted by Crippen LogP contribution is -2.25. The molecular formula is C13H19N3O4. The van der Waals surface area contributed by atoms with Crippen LogP contribution >= 0.6 is 0 Å². The smallest absolute Gasteiger partial charge is 0.262 e. The summed E-state index contributed by atoms with van der Waals surface area (Å²) in [5.41, 5.74) is 7.85. The Hall–Kier alpha value is -1.99. The molecule has 0 saturated heterocycles. The van der Waals surface area contributed by atoms with Crippen LogP contribution in [0.15, 0.2) is 12.1 Å². The van der Waals surface area contributed by atoms with Crippen LogP contribution in [-0.2, 0) is 9.53 Å². The molecule has 1 amide bonds. The first-order valence-electron chi connectivity index (χ1n) is 6.49. The van der Waals surface area contributed by atoms with Crippen LogP contribution in [0.25, 0.3) is 0 Å². The molecule has 1 heterocycles. The maximum absolute atomic E-state index is 11.3. The van der Waals surface area contributed by atoms with Crippen molar-refractivity contribution in [2.24, 2.45) is 0 Å². The van der Waals surface area contributed by atoms with E-state index in [-0.39, 0.29) is 19.1 Å². The second-order valence-corrected chi connectivity index (χ2v) is 4.39. The van der Waals surface area contributed by atoms with Crippen LogP contribution in [0.2, 0.25) is 0 Å². The third kappa shape index (κ3) is 3.75. The highest BCUT2D eigenvalue weighted by Gasteiger charge is 2.17. The minimum absolute atomic E-state index is 0.0153. The Morgan fingerprint density at radius 2 is 2.30 bits per heavy atom. The number of benzene rings is 1. The normalized spacial score (nSPS) is 13.3. The molecule has 0 atom stereocenters. The number of nitrogens with one attached hydrogen (secondary N) is 2. The van der Waals surface area contributed by atoms with Gasteiger partial charge in [-0.05, 0) is 12.5 Å². The van der Waals surface area contributed by atoms with Crippen LogP contribution in [0.4, 0.5) is 17.1 Å². The number of carbonyl (C=O) groups excluding carboxylic acids is 1. The molecule has 0 aromatic heterocycles. The number of ether oxygens (including phenoxy) is 2. The first kappa shape index (κ1) is 14.4. The number of hydrogen-bond acceptors (Lipinski definition) is 6. The monoisotopic (exact) mass is 281 g/mol. The number of amides is 1. The molecular weight excluding hydrogens is 262 g/mol. The number of aliphatic hydroxyl groups is 1. The molecule has 1 aromatic carbocycles. The second kappa shape index (κ2) is 6.97. The van der Waals surface area contributed by atoms with E-state index in [0.717, 1.165) is 12.1 Å². The van der Waals surface area contributed by atoms with E-state index in [1.165, 1.54) is 0 Å². The van der Waals surface area contributed by atoms with Crippen molar-refractivity contribution in [1.82, 2.24) is 0 Å². The van der Waals surface area contributed by atoms with E-state index >= 15 is 0 Å². The molecule has 0 saturated carbocycles.